The Balaban J connectivity index is 1.97. The molecule has 0 aliphatic heterocycles. The second kappa shape index (κ2) is 7.95. The van der Waals surface area contributed by atoms with Gasteiger partial charge in [0.1, 0.15) is 0 Å². The molecule has 0 N–H and O–H groups in total. The van der Waals surface area contributed by atoms with Gasteiger partial charge >= 0.3 is 0 Å². The smallest absolute Gasteiger partial charge is 0.0781 e. The molecule has 0 aliphatic carbocycles. The minimum Gasteiger partial charge on any atom is -0.132 e. The second-order valence-electron chi connectivity index (χ2n) is 4.53. The van der Waals surface area contributed by atoms with E-state index >= 15 is 0 Å². The number of rotatable bonds is 4. The van der Waals surface area contributed by atoms with Crippen LogP contribution in [0.1, 0.15) is 46.2 Å². The van der Waals surface area contributed by atoms with E-state index in [0.717, 1.165) is 22.6 Å². The van der Waals surface area contributed by atoms with Gasteiger partial charge in [-0.2, -0.15) is 0 Å². The van der Waals surface area contributed by atoms with Gasteiger partial charge in [0.2, 0.25) is 0 Å². The maximum absolute atomic E-state index is 3.13. The first-order chi connectivity index (χ1) is 9.81. The van der Waals surface area contributed by atoms with Crippen molar-refractivity contribution >= 4 is 22.7 Å². The van der Waals surface area contributed by atoms with Crippen LogP contribution in [-0.4, -0.2) is 0 Å². The first-order valence-corrected chi connectivity index (χ1v) is 8.64. The SMILES string of the molecule is CCCc1ccc(C#CC#Cc2ccc(CCC)s2)s1. The van der Waals surface area contributed by atoms with Crippen molar-refractivity contribution in [2.75, 3.05) is 0 Å². The van der Waals surface area contributed by atoms with Crippen LogP contribution in [0.25, 0.3) is 0 Å². The molecule has 2 aromatic rings. The first-order valence-electron chi connectivity index (χ1n) is 7.01. The minimum absolute atomic E-state index is 1.11. The molecule has 0 atom stereocenters. The molecular formula is C18H18S2. The van der Waals surface area contributed by atoms with Crippen molar-refractivity contribution in [1.82, 2.24) is 0 Å². The second-order valence-corrected chi connectivity index (χ2v) is 6.87. The highest BCUT2D eigenvalue weighted by molar-refractivity contribution is 7.12. The lowest BCUT2D eigenvalue weighted by Gasteiger charge is -1.86. The lowest BCUT2D eigenvalue weighted by molar-refractivity contribution is 0.940. The Morgan fingerprint density at radius 1 is 0.750 bits per heavy atom. The van der Waals surface area contributed by atoms with Crippen LogP contribution >= 0.6 is 22.7 Å². The van der Waals surface area contributed by atoms with Gasteiger partial charge in [-0.1, -0.05) is 26.7 Å². The van der Waals surface area contributed by atoms with Gasteiger partial charge < -0.3 is 0 Å². The van der Waals surface area contributed by atoms with Crippen LogP contribution in [0.15, 0.2) is 24.3 Å². The lowest BCUT2D eigenvalue weighted by Crippen LogP contribution is -1.71. The Hall–Kier alpha value is -1.48. The summed E-state index contributed by atoms with van der Waals surface area (Å²) in [6.07, 6.45) is 4.66. The van der Waals surface area contributed by atoms with Gasteiger partial charge in [0.15, 0.2) is 0 Å². The number of thiophene rings is 2. The van der Waals surface area contributed by atoms with E-state index in [-0.39, 0.29) is 0 Å². The standard InChI is InChI=1S/C18H18S2/c1-3-7-15-11-13-17(19-15)9-5-6-10-18-14-12-16(20-18)8-4-2/h11-14H,3-4,7-8H2,1-2H3. The molecule has 0 aliphatic rings. The van der Waals surface area contributed by atoms with E-state index < -0.39 is 0 Å². The summed E-state index contributed by atoms with van der Waals surface area (Å²) in [5, 5.41) is 0. The Bertz CT molecular complexity index is 605. The molecule has 102 valence electrons. The lowest BCUT2D eigenvalue weighted by atomic mass is 10.3. The fourth-order valence-corrected chi connectivity index (χ4v) is 3.76. The van der Waals surface area contributed by atoms with E-state index in [0.29, 0.717) is 0 Å². The summed E-state index contributed by atoms with van der Waals surface area (Å²) in [4.78, 5) is 5.04. The fourth-order valence-electron chi connectivity index (χ4n) is 1.84. The van der Waals surface area contributed by atoms with Gasteiger partial charge in [0, 0.05) is 9.75 Å². The third-order valence-corrected chi connectivity index (χ3v) is 4.87. The van der Waals surface area contributed by atoms with Gasteiger partial charge in [0.25, 0.3) is 0 Å². The van der Waals surface area contributed by atoms with Crippen LogP contribution in [0.4, 0.5) is 0 Å². The molecule has 0 saturated carbocycles. The zero-order valence-electron chi connectivity index (χ0n) is 12.0. The van der Waals surface area contributed by atoms with Gasteiger partial charge in [-0.05, 0) is 60.8 Å². The topological polar surface area (TPSA) is 0 Å². The zero-order valence-corrected chi connectivity index (χ0v) is 13.6. The average molecular weight is 298 g/mol. The van der Waals surface area contributed by atoms with E-state index in [1.54, 1.807) is 22.7 Å². The molecule has 0 fully saturated rings. The summed E-state index contributed by atoms with van der Waals surface area (Å²) < 4.78 is 0. The van der Waals surface area contributed by atoms with Gasteiger partial charge in [-0.15, -0.1) is 22.7 Å². The number of hydrogen-bond donors (Lipinski definition) is 0. The van der Waals surface area contributed by atoms with E-state index in [1.165, 1.54) is 22.6 Å². The summed E-state index contributed by atoms with van der Waals surface area (Å²) in [5.41, 5.74) is 0. The predicted molar refractivity (Wildman–Crippen MR) is 90.4 cm³/mol. The highest BCUT2D eigenvalue weighted by atomic mass is 32.1. The van der Waals surface area contributed by atoms with E-state index in [4.69, 9.17) is 0 Å². The Labute approximate surface area is 129 Å². The monoisotopic (exact) mass is 298 g/mol. The quantitative estimate of drug-likeness (QED) is 0.687. The van der Waals surface area contributed by atoms with Crippen LogP contribution in [-0.2, 0) is 12.8 Å². The normalized spacial score (nSPS) is 9.50. The van der Waals surface area contributed by atoms with E-state index in [9.17, 15) is 0 Å². The van der Waals surface area contributed by atoms with Crippen LogP contribution in [0.2, 0.25) is 0 Å². The molecule has 0 bridgehead atoms. The largest absolute Gasteiger partial charge is 0.132 e. The van der Waals surface area contributed by atoms with Crippen molar-refractivity contribution in [1.29, 1.82) is 0 Å². The highest BCUT2D eigenvalue weighted by Crippen LogP contribution is 2.17. The third kappa shape index (κ3) is 4.57. The molecule has 2 heteroatoms. The molecule has 0 saturated heterocycles. The van der Waals surface area contributed by atoms with Crippen molar-refractivity contribution < 1.29 is 0 Å². The van der Waals surface area contributed by atoms with Crippen molar-refractivity contribution in [3.63, 3.8) is 0 Å². The van der Waals surface area contributed by atoms with Gasteiger partial charge in [-0.25, -0.2) is 0 Å². The molecule has 0 unspecified atom stereocenters. The van der Waals surface area contributed by atoms with Gasteiger partial charge in [0.05, 0.1) is 9.75 Å². The predicted octanol–water partition coefficient (Wildman–Crippen LogP) is 5.12. The zero-order chi connectivity index (χ0) is 14.2. The van der Waals surface area contributed by atoms with Gasteiger partial charge in [-0.3, -0.25) is 0 Å². The molecule has 0 amide bonds. The summed E-state index contributed by atoms with van der Waals surface area (Å²) in [7, 11) is 0. The number of hydrogen-bond acceptors (Lipinski definition) is 2. The molecular weight excluding hydrogens is 280 g/mol. The van der Waals surface area contributed by atoms with Crippen molar-refractivity contribution in [2.24, 2.45) is 0 Å². The number of aryl methyl sites for hydroxylation is 2. The molecule has 20 heavy (non-hydrogen) atoms. The highest BCUT2D eigenvalue weighted by Gasteiger charge is 1.96. The van der Waals surface area contributed by atoms with Crippen LogP contribution in [0, 0.1) is 23.7 Å². The summed E-state index contributed by atoms with van der Waals surface area (Å²) >= 11 is 3.55. The molecule has 2 rings (SSSR count). The Morgan fingerprint density at radius 3 is 1.60 bits per heavy atom. The molecule has 2 aromatic heterocycles. The van der Waals surface area contributed by atoms with Crippen LogP contribution in [0.5, 0.6) is 0 Å². The maximum atomic E-state index is 3.13. The molecule has 0 nitrogen and oxygen atoms in total. The molecule has 0 aromatic carbocycles. The van der Waals surface area contributed by atoms with Crippen LogP contribution < -0.4 is 0 Å². The third-order valence-electron chi connectivity index (χ3n) is 2.75. The first kappa shape index (κ1) is 14.9. The average Bonchev–Trinajstić information content (AvgIpc) is 3.06. The maximum Gasteiger partial charge on any atom is 0.0781 e. The van der Waals surface area contributed by atoms with E-state index in [1.807, 2.05) is 0 Å². The van der Waals surface area contributed by atoms with Crippen molar-refractivity contribution in [2.45, 2.75) is 39.5 Å². The molecule has 0 spiro atoms. The summed E-state index contributed by atoms with van der Waals surface area (Å²) in [6, 6.07) is 8.52. The fraction of sp³-hybridized carbons (Fsp3) is 0.333. The van der Waals surface area contributed by atoms with Crippen molar-refractivity contribution in [3.05, 3.63) is 43.8 Å². The van der Waals surface area contributed by atoms with Crippen LogP contribution in [0.3, 0.4) is 0 Å². The summed E-state index contributed by atoms with van der Waals surface area (Å²) in [5.74, 6) is 12.2. The Morgan fingerprint density at radius 2 is 1.20 bits per heavy atom. The molecule has 2 heterocycles. The van der Waals surface area contributed by atoms with E-state index in [2.05, 4.69) is 61.8 Å². The Kier molecular flexibility index (Phi) is 5.93. The molecule has 0 radical (unpaired) electrons. The minimum atomic E-state index is 1.11. The van der Waals surface area contributed by atoms with Crippen molar-refractivity contribution in [3.8, 4) is 23.7 Å². The summed E-state index contributed by atoms with van der Waals surface area (Å²) in [6.45, 7) is 4.40.